The van der Waals surface area contributed by atoms with Crippen LogP contribution in [0.1, 0.15) is 26.0 Å². The minimum atomic E-state index is -3.98. The normalized spacial score (nSPS) is 11.4. The molecule has 0 radical (unpaired) electrons. The quantitative estimate of drug-likeness (QED) is 0.313. The number of nitrogens with two attached hydrogens (primary N) is 1. The Kier molecular flexibility index (Phi) is 7.37. The summed E-state index contributed by atoms with van der Waals surface area (Å²) in [6.45, 7) is 2.72. The number of hydrogen-bond acceptors (Lipinski definition) is 5. The summed E-state index contributed by atoms with van der Waals surface area (Å²) in [6, 6.07) is 18.3. The molecule has 196 valence electrons. The van der Waals surface area contributed by atoms with Gasteiger partial charge in [0.2, 0.25) is 21.8 Å². The maximum Gasteiger partial charge on any atom is 0.282 e. The van der Waals surface area contributed by atoms with Gasteiger partial charge in [0.05, 0.1) is 16.3 Å². The highest BCUT2D eigenvalue weighted by Crippen LogP contribution is 2.41. The summed E-state index contributed by atoms with van der Waals surface area (Å²) < 4.78 is 53.6. The molecule has 0 aliphatic rings. The number of carbonyl (C=O) groups is 2. The summed E-state index contributed by atoms with van der Waals surface area (Å²) in [5.74, 6) is -0.547. The molecule has 0 spiro atoms. The SMILES string of the molecule is CC(=O)Nc1ccc(-c2c(C(F)F)nn(-c3ccc(NC(C)=O)cc3)c2-c2ccc(S(N)(=O)=O)cc2)cc1. The Morgan fingerprint density at radius 3 is 1.74 bits per heavy atom. The number of nitrogens with one attached hydrogen (secondary N) is 2. The van der Waals surface area contributed by atoms with Crippen molar-refractivity contribution in [2.24, 2.45) is 5.14 Å². The van der Waals surface area contributed by atoms with Crippen LogP contribution < -0.4 is 15.8 Å². The summed E-state index contributed by atoms with van der Waals surface area (Å²) in [5, 5.41) is 14.7. The van der Waals surface area contributed by atoms with E-state index in [-0.39, 0.29) is 28.0 Å². The lowest BCUT2D eigenvalue weighted by Crippen LogP contribution is -2.11. The van der Waals surface area contributed by atoms with E-state index in [2.05, 4.69) is 15.7 Å². The molecule has 0 bridgehead atoms. The fourth-order valence-corrected chi connectivity index (χ4v) is 4.46. The third-order valence-electron chi connectivity index (χ3n) is 5.50. The topological polar surface area (TPSA) is 136 Å². The molecule has 2 amide bonds. The van der Waals surface area contributed by atoms with Gasteiger partial charge in [0.25, 0.3) is 6.43 Å². The summed E-state index contributed by atoms with van der Waals surface area (Å²) in [6.07, 6.45) is -2.94. The van der Waals surface area contributed by atoms with Crippen molar-refractivity contribution in [3.05, 3.63) is 78.5 Å². The van der Waals surface area contributed by atoms with Gasteiger partial charge in [-0.2, -0.15) is 5.10 Å². The van der Waals surface area contributed by atoms with Gasteiger partial charge in [-0.25, -0.2) is 27.0 Å². The summed E-state index contributed by atoms with van der Waals surface area (Å²) in [4.78, 5) is 22.6. The van der Waals surface area contributed by atoms with Crippen LogP contribution in [0.5, 0.6) is 0 Å². The Labute approximate surface area is 217 Å². The number of carbonyl (C=O) groups excluding carboxylic acids is 2. The second-order valence-corrected chi connectivity index (χ2v) is 9.94. The van der Waals surface area contributed by atoms with Crippen molar-refractivity contribution in [2.45, 2.75) is 25.2 Å². The lowest BCUT2D eigenvalue weighted by atomic mass is 9.98. The van der Waals surface area contributed by atoms with Crippen LogP contribution in [-0.2, 0) is 19.6 Å². The zero-order valence-corrected chi connectivity index (χ0v) is 21.1. The number of nitrogens with zero attached hydrogens (tertiary/aromatic N) is 2. The lowest BCUT2D eigenvalue weighted by Gasteiger charge is -2.12. The highest BCUT2D eigenvalue weighted by Gasteiger charge is 2.27. The van der Waals surface area contributed by atoms with E-state index in [9.17, 15) is 26.8 Å². The average Bonchev–Trinajstić information content (AvgIpc) is 3.25. The van der Waals surface area contributed by atoms with E-state index < -0.39 is 22.1 Å². The van der Waals surface area contributed by atoms with Crippen LogP contribution in [0, 0.1) is 0 Å². The molecule has 0 aliphatic heterocycles. The third kappa shape index (κ3) is 5.76. The first kappa shape index (κ1) is 26.6. The highest BCUT2D eigenvalue weighted by atomic mass is 32.2. The Morgan fingerprint density at radius 2 is 1.29 bits per heavy atom. The number of amides is 2. The first-order valence-electron chi connectivity index (χ1n) is 11.2. The fourth-order valence-electron chi connectivity index (χ4n) is 3.94. The van der Waals surface area contributed by atoms with E-state index in [4.69, 9.17) is 5.14 Å². The van der Waals surface area contributed by atoms with E-state index in [0.29, 0.717) is 28.2 Å². The first-order valence-corrected chi connectivity index (χ1v) is 12.8. The molecule has 38 heavy (non-hydrogen) atoms. The zero-order chi connectivity index (χ0) is 27.6. The standard InChI is InChI=1S/C26H23F2N5O4S/c1-15(34)30-19-7-3-17(4-8-19)23-24(26(27)28)32-33(21-11-9-20(10-12-21)31-16(2)35)25(23)18-5-13-22(14-6-18)38(29,36)37/h3-14,26H,1-2H3,(H,30,34)(H,31,35)(H2,29,36,37). The Hall–Kier alpha value is -4.42. The molecule has 3 aromatic carbocycles. The van der Waals surface area contributed by atoms with Gasteiger partial charge < -0.3 is 10.6 Å². The molecule has 12 heteroatoms. The Morgan fingerprint density at radius 1 is 0.816 bits per heavy atom. The molecule has 0 saturated carbocycles. The van der Waals surface area contributed by atoms with Crippen LogP contribution in [0.15, 0.2) is 77.7 Å². The van der Waals surface area contributed by atoms with E-state index in [1.165, 1.54) is 42.8 Å². The van der Waals surface area contributed by atoms with Gasteiger partial charge in [0.15, 0.2) is 0 Å². The number of sulfonamides is 1. The van der Waals surface area contributed by atoms with E-state index >= 15 is 0 Å². The second-order valence-electron chi connectivity index (χ2n) is 8.38. The van der Waals surface area contributed by atoms with Crippen LogP contribution in [0.2, 0.25) is 0 Å². The number of halogens is 2. The van der Waals surface area contributed by atoms with Crippen molar-refractivity contribution < 1.29 is 26.8 Å². The molecule has 4 rings (SSSR count). The van der Waals surface area contributed by atoms with E-state index in [1.807, 2.05) is 0 Å². The van der Waals surface area contributed by atoms with Gasteiger partial charge in [-0.3, -0.25) is 9.59 Å². The van der Waals surface area contributed by atoms with Crippen molar-refractivity contribution in [1.82, 2.24) is 9.78 Å². The van der Waals surface area contributed by atoms with Crippen molar-refractivity contribution in [2.75, 3.05) is 10.6 Å². The number of rotatable bonds is 7. The van der Waals surface area contributed by atoms with Crippen LogP contribution in [0.3, 0.4) is 0 Å². The molecule has 9 nitrogen and oxygen atoms in total. The smallest absolute Gasteiger partial charge is 0.282 e. The number of alkyl halides is 2. The molecule has 0 atom stereocenters. The third-order valence-corrected chi connectivity index (χ3v) is 6.43. The van der Waals surface area contributed by atoms with Crippen molar-refractivity contribution in [3.63, 3.8) is 0 Å². The summed E-state index contributed by atoms with van der Waals surface area (Å²) >= 11 is 0. The molecular formula is C26H23F2N5O4S. The average molecular weight is 540 g/mol. The highest BCUT2D eigenvalue weighted by molar-refractivity contribution is 7.89. The van der Waals surface area contributed by atoms with Gasteiger partial charge in [0, 0.05) is 36.3 Å². The van der Waals surface area contributed by atoms with Crippen molar-refractivity contribution >= 4 is 33.2 Å². The van der Waals surface area contributed by atoms with Gasteiger partial charge in [-0.15, -0.1) is 0 Å². The molecule has 4 N–H and O–H groups in total. The minimum Gasteiger partial charge on any atom is -0.326 e. The molecule has 1 heterocycles. The maximum absolute atomic E-state index is 14.3. The fraction of sp³-hybridized carbons (Fsp3) is 0.115. The molecule has 1 aromatic heterocycles. The van der Waals surface area contributed by atoms with Crippen LogP contribution >= 0.6 is 0 Å². The number of primary sulfonamides is 1. The largest absolute Gasteiger partial charge is 0.326 e. The predicted molar refractivity (Wildman–Crippen MR) is 139 cm³/mol. The molecule has 0 unspecified atom stereocenters. The van der Waals surface area contributed by atoms with Gasteiger partial charge in [0.1, 0.15) is 5.69 Å². The van der Waals surface area contributed by atoms with Crippen molar-refractivity contribution in [1.29, 1.82) is 0 Å². The number of benzene rings is 3. The Bertz CT molecular complexity index is 1600. The molecule has 0 saturated heterocycles. The van der Waals surface area contributed by atoms with Gasteiger partial charge in [-0.05, 0) is 54.1 Å². The Balaban J connectivity index is 1.95. The maximum atomic E-state index is 14.3. The molecule has 0 fully saturated rings. The number of aromatic nitrogens is 2. The van der Waals surface area contributed by atoms with Gasteiger partial charge in [-0.1, -0.05) is 24.3 Å². The number of anilines is 2. The van der Waals surface area contributed by atoms with Crippen LogP contribution in [0.4, 0.5) is 20.2 Å². The summed E-state index contributed by atoms with van der Waals surface area (Å²) in [7, 11) is -3.98. The first-order chi connectivity index (χ1) is 17.9. The minimum absolute atomic E-state index is 0.128. The van der Waals surface area contributed by atoms with E-state index in [0.717, 1.165) is 0 Å². The van der Waals surface area contributed by atoms with Crippen molar-refractivity contribution in [3.8, 4) is 28.1 Å². The van der Waals surface area contributed by atoms with Gasteiger partial charge >= 0.3 is 0 Å². The number of hydrogen-bond donors (Lipinski definition) is 3. The molecule has 4 aromatic rings. The van der Waals surface area contributed by atoms with Crippen LogP contribution in [0.25, 0.3) is 28.1 Å². The second kappa shape index (κ2) is 10.5. The monoisotopic (exact) mass is 539 g/mol. The zero-order valence-electron chi connectivity index (χ0n) is 20.3. The molecule has 0 aliphatic carbocycles. The lowest BCUT2D eigenvalue weighted by molar-refractivity contribution is -0.115. The van der Waals surface area contributed by atoms with Crippen LogP contribution in [-0.4, -0.2) is 30.0 Å². The summed E-state index contributed by atoms with van der Waals surface area (Å²) in [5.41, 5.74) is 2.14. The predicted octanol–water partition coefficient (Wildman–Crippen LogP) is 4.71. The molecular weight excluding hydrogens is 516 g/mol. The van der Waals surface area contributed by atoms with E-state index in [1.54, 1.807) is 48.5 Å².